The number of benzene rings is 2. The van der Waals surface area contributed by atoms with Gasteiger partial charge in [-0.3, -0.25) is 0 Å². The quantitative estimate of drug-likeness (QED) is 0.477. The van der Waals surface area contributed by atoms with E-state index in [1.165, 1.54) is 31.0 Å². The maximum atomic E-state index is 12.4. The number of ether oxygens (including phenoxy) is 2. The number of rotatable bonds is 5. The van der Waals surface area contributed by atoms with Crippen LogP contribution in [0, 0.1) is 11.3 Å². The zero-order chi connectivity index (χ0) is 22.8. The number of oxazole rings is 1. The number of hydrogen-bond acceptors (Lipinski definition) is 8. The van der Waals surface area contributed by atoms with Crippen LogP contribution in [0.3, 0.4) is 0 Å². The smallest absolute Gasteiger partial charge is 0.357 e. The molecule has 0 spiro atoms. The lowest BCUT2D eigenvalue weighted by molar-refractivity contribution is 0.0588. The third kappa shape index (κ3) is 3.54. The van der Waals surface area contributed by atoms with Crippen molar-refractivity contribution in [3.63, 3.8) is 0 Å². The molecule has 0 unspecified atom stereocenters. The van der Waals surface area contributed by atoms with Crippen molar-refractivity contribution in [2.75, 3.05) is 20.0 Å². The number of methoxy groups -OCH3 is 2. The van der Waals surface area contributed by atoms with Crippen molar-refractivity contribution >= 4 is 28.7 Å². The Bertz CT molecular complexity index is 1380. The van der Waals surface area contributed by atoms with Gasteiger partial charge in [0.05, 0.1) is 36.7 Å². The predicted molar refractivity (Wildman–Crippen MR) is 114 cm³/mol. The summed E-state index contributed by atoms with van der Waals surface area (Å²) in [7, 11) is 2.47. The number of nitrogen functional groups attached to an aromatic ring is 1. The third-order valence-corrected chi connectivity index (χ3v) is 4.94. The first-order chi connectivity index (χ1) is 15.5. The second-order valence-corrected chi connectivity index (χ2v) is 6.88. The first-order valence-electron chi connectivity index (χ1n) is 9.52. The van der Waals surface area contributed by atoms with E-state index in [2.05, 4.69) is 4.98 Å². The van der Waals surface area contributed by atoms with E-state index < -0.39 is 11.9 Å². The van der Waals surface area contributed by atoms with Crippen LogP contribution < -0.4 is 5.73 Å². The second kappa shape index (κ2) is 8.28. The van der Waals surface area contributed by atoms with Crippen LogP contribution in [-0.2, 0) is 15.9 Å². The Kier molecular flexibility index (Phi) is 5.35. The molecule has 0 amide bonds. The van der Waals surface area contributed by atoms with Crippen molar-refractivity contribution in [1.82, 2.24) is 9.55 Å². The molecule has 0 aliphatic heterocycles. The van der Waals surface area contributed by atoms with Crippen LogP contribution in [0.5, 0.6) is 0 Å². The predicted octanol–water partition coefficient (Wildman–Crippen LogP) is 3.24. The van der Waals surface area contributed by atoms with Gasteiger partial charge in [0.2, 0.25) is 0 Å². The van der Waals surface area contributed by atoms with Gasteiger partial charge in [0, 0.05) is 12.6 Å². The van der Waals surface area contributed by atoms with Crippen molar-refractivity contribution in [3.05, 3.63) is 76.9 Å². The van der Waals surface area contributed by atoms with Gasteiger partial charge >= 0.3 is 11.9 Å². The first kappa shape index (κ1) is 20.7. The zero-order valence-electron chi connectivity index (χ0n) is 17.3. The normalized spacial score (nSPS) is 10.7. The van der Waals surface area contributed by atoms with Gasteiger partial charge in [-0.05, 0) is 17.7 Å². The molecule has 0 fully saturated rings. The number of fused-ring (bicyclic) bond motifs is 1. The lowest BCUT2D eigenvalue weighted by Crippen LogP contribution is -2.12. The van der Waals surface area contributed by atoms with E-state index in [1.807, 2.05) is 36.4 Å². The maximum absolute atomic E-state index is 12.4. The Hall–Kier alpha value is -4.58. The molecule has 4 rings (SSSR count). The summed E-state index contributed by atoms with van der Waals surface area (Å²) < 4.78 is 17.1. The molecule has 2 aromatic heterocycles. The molecule has 0 radical (unpaired) electrons. The van der Waals surface area contributed by atoms with E-state index in [0.717, 1.165) is 5.56 Å². The van der Waals surface area contributed by atoms with Crippen molar-refractivity contribution in [2.24, 2.45) is 0 Å². The fraction of sp³-hybridized carbons (Fsp3) is 0.130. The zero-order valence-corrected chi connectivity index (χ0v) is 17.3. The largest absolute Gasteiger partial charge is 0.465 e. The van der Waals surface area contributed by atoms with Crippen molar-refractivity contribution in [1.29, 1.82) is 5.26 Å². The molecular formula is C23H18N4O5. The van der Waals surface area contributed by atoms with Crippen LogP contribution in [0.2, 0.25) is 0 Å². The van der Waals surface area contributed by atoms with Crippen molar-refractivity contribution in [3.8, 4) is 11.8 Å². The molecule has 0 bridgehead atoms. The van der Waals surface area contributed by atoms with Gasteiger partial charge in [0.25, 0.3) is 0 Å². The summed E-state index contributed by atoms with van der Waals surface area (Å²) in [5.41, 5.74) is 8.16. The second-order valence-electron chi connectivity index (χ2n) is 6.88. The van der Waals surface area contributed by atoms with E-state index in [-0.39, 0.29) is 22.5 Å². The Morgan fingerprint density at radius 2 is 1.88 bits per heavy atom. The van der Waals surface area contributed by atoms with Crippen LogP contribution in [0.1, 0.15) is 37.9 Å². The highest BCUT2D eigenvalue weighted by atomic mass is 16.5. The number of carbonyl (C=O) groups is 2. The monoisotopic (exact) mass is 430 g/mol. The molecule has 0 aliphatic carbocycles. The molecule has 2 aromatic carbocycles. The van der Waals surface area contributed by atoms with Gasteiger partial charge in [0.1, 0.15) is 11.6 Å². The minimum atomic E-state index is -0.746. The third-order valence-electron chi connectivity index (χ3n) is 4.94. The lowest BCUT2D eigenvalue weighted by atomic mass is 10.1. The topological polar surface area (TPSA) is 133 Å². The van der Waals surface area contributed by atoms with Crippen LogP contribution >= 0.6 is 0 Å². The Morgan fingerprint density at radius 3 is 2.53 bits per heavy atom. The molecular weight excluding hydrogens is 412 g/mol. The molecule has 2 heterocycles. The molecule has 0 atom stereocenters. The summed E-state index contributed by atoms with van der Waals surface area (Å²) >= 11 is 0. The molecule has 160 valence electrons. The molecule has 9 heteroatoms. The summed E-state index contributed by atoms with van der Waals surface area (Å²) in [6, 6.07) is 14.6. The van der Waals surface area contributed by atoms with E-state index in [9.17, 15) is 14.9 Å². The number of esters is 2. The highest BCUT2D eigenvalue weighted by Gasteiger charge is 2.25. The molecule has 0 saturated carbocycles. The van der Waals surface area contributed by atoms with Gasteiger partial charge < -0.3 is 24.2 Å². The van der Waals surface area contributed by atoms with E-state index in [1.54, 1.807) is 6.07 Å². The van der Waals surface area contributed by atoms with Crippen molar-refractivity contribution in [2.45, 2.75) is 6.42 Å². The van der Waals surface area contributed by atoms with Gasteiger partial charge in [-0.25, -0.2) is 14.6 Å². The summed E-state index contributed by atoms with van der Waals surface area (Å²) in [5, 5.41) is 9.41. The average molecular weight is 430 g/mol. The molecule has 4 aromatic rings. The Balaban J connectivity index is 1.97. The summed E-state index contributed by atoms with van der Waals surface area (Å²) in [4.78, 5) is 29.2. The number of aromatic nitrogens is 2. The average Bonchev–Trinajstić information content (AvgIpc) is 3.37. The highest BCUT2D eigenvalue weighted by Crippen LogP contribution is 2.31. The van der Waals surface area contributed by atoms with Crippen molar-refractivity contribution < 1.29 is 23.5 Å². The van der Waals surface area contributed by atoms with E-state index >= 15 is 0 Å². The minimum absolute atomic E-state index is 0.0417. The fourth-order valence-corrected chi connectivity index (χ4v) is 3.43. The molecule has 32 heavy (non-hydrogen) atoms. The number of carbonyl (C=O) groups excluding carboxylic acids is 2. The lowest BCUT2D eigenvalue weighted by Gasteiger charge is -2.10. The van der Waals surface area contributed by atoms with E-state index in [0.29, 0.717) is 29.1 Å². The first-order valence-corrected chi connectivity index (χ1v) is 9.52. The van der Waals surface area contributed by atoms with Gasteiger partial charge in [-0.15, -0.1) is 0 Å². The summed E-state index contributed by atoms with van der Waals surface area (Å²) in [6.07, 6.45) is 1.81. The fourth-order valence-electron chi connectivity index (χ4n) is 3.43. The van der Waals surface area contributed by atoms with Crippen LogP contribution in [0.25, 0.3) is 16.8 Å². The van der Waals surface area contributed by atoms with E-state index in [4.69, 9.17) is 19.6 Å². The maximum Gasteiger partial charge on any atom is 0.357 e. The number of hydrogen-bond donors (Lipinski definition) is 1. The number of nitrogens with zero attached hydrogens (tertiary/aromatic N) is 3. The number of anilines is 1. The van der Waals surface area contributed by atoms with Crippen LogP contribution in [0.4, 0.5) is 5.69 Å². The SMILES string of the molecule is COC(=O)c1cc(-n2cc(C#N)c(N)c2C(=O)OC)c2oc(Cc3ccccc3)nc2c1. The molecule has 2 N–H and O–H groups in total. The highest BCUT2D eigenvalue weighted by molar-refractivity contribution is 5.99. The molecule has 0 saturated heterocycles. The van der Waals surface area contributed by atoms with Gasteiger partial charge in [-0.1, -0.05) is 30.3 Å². The Morgan fingerprint density at radius 1 is 1.16 bits per heavy atom. The van der Waals surface area contributed by atoms with Crippen LogP contribution in [0.15, 0.2) is 53.1 Å². The summed E-state index contributed by atoms with van der Waals surface area (Å²) in [6.45, 7) is 0. The Labute approximate surface area is 182 Å². The molecule has 0 aliphatic rings. The number of nitriles is 1. The standard InChI is InChI=1S/C23H18N4O5/c1-30-22(28)14-9-16-21(32-18(26-16)8-13-6-4-3-5-7-13)17(10-14)27-12-15(11-24)19(25)20(27)23(29)31-2/h3-7,9-10,12H,8,25H2,1-2H3. The minimum Gasteiger partial charge on any atom is -0.465 e. The summed E-state index contributed by atoms with van der Waals surface area (Å²) in [5.74, 6) is -0.930. The number of nitrogens with two attached hydrogens (primary N) is 1. The van der Waals surface area contributed by atoms with Gasteiger partial charge in [-0.2, -0.15) is 5.26 Å². The van der Waals surface area contributed by atoms with Crippen LogP contribution in [-0.4, -0.2) is 35.7 Å². The van der Waals surface area contributed by atoms with Gasteiger partial charge in [0.15, 0.2) is 17.2 Å². The molecule has 9 nitrogen and oxygen atoms in total.